The summed E-state index contributed by atoms with van der Waals surface area (Å²) in [4.78, 5) is 41.1. The fourth-order valence-corrected chi connectivity index (χ4v) is 5.46. The van der Waals surface area contributed by atoms with E-state index in [2.05, 4.69) is 0 Å². The van der Waals surface area contributed by atoms with Crippen molar-refractivity contribution >= 4 is 35.1 Å². The summed E-state index contributed by atoms with van der Waals surface area (Å²) >= 11 is 6.29. The van der Waals surface area contributed by atoms with Crippen LogP contribution in [0.3, 0.4) is 0 Å². The zero-order valence-electron chi connectivity index (χ0n) is 18.2. The minimum absolute atomic E-state index is 0.0376. The molecule has 1 aliphatic heterocycles. The van der Waals surface area contributed by atoms with E-state index >= 15 is 0 Å². The molecule has 0 radical (unpaired) electrons. The quantitative estimate of drug-likeness (QED) is 0.623. The molecule has 2 aliphatic carbocycles. The Hall–Kier alpha value is -3.00. The fraction of sp³-hybridized carbons (Fsp3) is 0.400. The van der Waals surface area contributed by atoms with Crippen molar-refractivity contribution in [3.8, 4) is 0 Å². The second-order valence-electron chi connectivity index (χ2n) is 9.22. The van der Waals surface area contributed by atoms with E-state index in [4.69, 9.17) is 16.7 Å². The van der Waals surface area contributed by atoms with Crippen LogP contribution >= 0.6 is 11.6 Å². The Morgan fingerprint density at radius 2 is 1.71 bits per heavy atom. The van der Waals surface area contributed by atoms with Crippen LogP contribution in [0.4, 0.5) is 14.5 Å². The minimum atomic E-state index is -1.03. The van der Waals surface area contributed by atoms with Gasteiger partial charge in [0.15, 0.2) is 0 Å². The molecule has 2 amide bonds. The Labute approximate surface area is 200 Å². The third-order valence-corrected chi connectivity index (χ3v) is 7.24. The summed E-state index contributed by atoms with van der Waals surface area (Å²) in [7, 11) is 0. The molecule has 2 aromatic rings. The van der Waals surface area contributed by atoms with Crippen LogP contribution in [-0.4, -0.2) is 39.9 Å². The predicted octanol–water partition coefficient (Wildman–Crippen LogP) is 4.95. The van der Waals surface area contributed by atoms with Crippen molar-refractivity contribution in [2.75, 3.05) is 4.90 Å². The van der Waals surface area contributed by atoms with Crippen LogP contribution in [0.5, 0.6) is 0 Å². The van der Waals surface area contributed by atoms with E-state index in [9.17, 15) is 23.2 Å². The maximum absolute atomic E-state index is 13.9. The molecule has 2 fully saturated rings. The topological polar surface area (TPSA) is 77.9 Å². The second kappa shape index (κ2) is 8.65. The van der Waals surface area contributed by atoms with Gasteiger partial charge in [-0.15, -0.1) is 0 Å². The van der Waals surface area contributed by atoms with Crippen molar-refractivity contribution in [1.29, 1.82) is 0 Å². The molecule has 0 unspecified atom stereocenters. The molecule has 0 aromatic heterocycles. The number of hydrogen-bond acceptors (Lipinski definition) is 3. The summed E-state index contributed by atoms with van der Waals surface area (Å²) < 4.78 is 27.7. The largest absolute Gasteiger partial charge is 0.481 e. The van der Waals surface area contributed by atoms with Gasteiger partial charge in [-0.1, -0.05) is 17.7 Å². The van der Waals surface area contributed by atoms with Gasteiger partial charge in [0.25, 0.3) is 5.91 Å². The van der Waals surface area contributed by atoms with Crippen molar-refractivity contribution in [1.82, 2.24) is 4.90 Å². The number of amides is 2. The molecule has 34 heavy (non-hydrogen) atoms. The number of carbonyl (C=O) groups excluding carboxylic acids is 2. The number of fused-ring (bicyclic) bond motifs is 2. The average Bonchev–Trinajstić information content (AvgIpc) is 3.58. The summed E-state index contributed by atoms with van der Waals surface area (Å²) in [5.41, 5.74) is 1.17. The summed E-state index contributed by atoms with van der Waals surface area (Å²) in [5.74, 6) is -3.50. The highest BCUT2D eigenvalue weighted by Gasteiger charge is 2.53. The lowest BCUT2D eigenvalue weighted by molar-refractivity contribution is -0.143. The molecule has 1 N–H and O–H groups in total. The van der Waals surface area contributed by atoms with Gasteiger partial charge < -0.3 is 14.9 Å². The van der Waals surface area contributed by atoms with E-state index in [0.717, 1.165) is 43.0 Å². The first-order chi connectivity index (χ1) is 16.2. The zero-order chi connectivity index (χ0) is 24.1. The molecule has 2 aromatic carbocycles. The molecule has 0 bridgehead atoms. The Morgan fingerprint density at radius 3 is 2.29 bits per heavy atom. The number of rotatable bonds is 6. The van der Waals surface area contributed by atoms with E-state index in [1.807, 2.05) is 4.90 Å². The van der Waals surface area contributed by atoms with Crippen LogP contribution < -0.4 is 4.90 Å². The SMILES string of the molecule is O=C(O)CCC(=O)N(C1CC1)[C@H]1c2ccc(Cl)cc2N(C(=O)c2cc(F)cc(F)c2)[C@@H]2CC[C@@H]21. The number of nitrogens with zero attached hydrogens (tertiary/aromatic N) is 2. The van der Waals surface area contributed by atoms with E-state index in [1.54, 1.807) is 23.1 Å². The van der Waals surface area contributed by atoms with Gasteiger partial charge in [-0.05, 0) is 55.5 Å². The van der Waals surface area contributed by atoms with Crippen LogP contribution in [0.2, 0.25) is 5.02 Å². The van der Waals surface area contributed by atoms with Gasteiger partial charge in [-0.2, -0.15) is 0 Å². The summed E-state index contributed by atoms with van der Waals surface area (Å²) in [6, 6.07) is 7.36. The molecular formula is C25H23ClF2N2O4. The van der Waals surface area contributed by atoms with Crippen LogP contribution in [0.15, 0.2) is 36.4 Å². The van der Waals surface area contributed by atoms with Gasteiger partial charge in [0, 0.05) is 41.1 Å². The van der Waals surface area contributed by atoms with Crippen LogP contribution in [0.25, 0.3) is 0 Å². The van der Waals surface area contributed by atoms with Crippen LogP contribution in [0.1, 0.15) is 60.5 Å². The van der Waals surface area contributed by atoms with Gasteiger partial charge in [-0.3, -0.25) is 14.4 Å². The van der Waals surface area contributed by atoms with Gasteiger partial charge in [0.2, 0.25) is 5.91 Å². The normalized spacial score (nSPS) is 22.9. The van der Waals surface area contributed by atoms with E-state index in [1.165, 1.54) is 0 Å². The highest BCUT2D eigenvalue weighted by molar-refractivity contribution is 6.31. The molecule has 2 saturated carbocycles. The van der Waals surface area contributed by atoms with Crippen LogP contribution in [0, 0.1) is 17.6 Å². The lowest BCUT2D eigenvalue weighted by Gasteiger charge is -2.55. The van der Waals surface area contributed by atoms with Gasteiger partial charge >= 0.3 is 5.97 Å². The first-order valence-corrected chi connectivity index (χ1v) is 11.7. The molecular weight excluding hydrogens is 466 g/mol. The number of hydrogen-bond donors (Lipinski definition) is 1. The summed E-state index contributed by atoms with van der Waals surface area (Å²) in [6.45, 7) is 0. The molecule has 1 heterocycles. The van der Waals surface area contributed by atoms with E-state index < -0.39 is 23.5 Å². The van der Waals surface area contributed by atoms with Crippen molar-refractivity contribution in [2.24, 2.45) is 5.92 Å². The molecule has 3 aliphatic rings. The van der Waals surface area contributed by atoms with Gasteiger partial charge in [0.1, 0.15) is 11.6 Å². The highest BCUT2D eigenvalue weighted by atomic mass is 35.5. The Bertz CT molecular complexity index is 1170. The first-order valence-electron chi connectivity index (χ1n) is 11.4. The van der Waals surface area contributed by atoms with Crippen LogP contribution in [-0.2, 0) is 9.59 Å². The fourth-order valence-electron chi connectivity index (χ4n) is 5.30. The summed E-state index contributed by atoms with van der Waals surface area (Å²) in [6.07, 6.45) is 2.81. The smallest absolute Gasteiger partial charge is 0.303 e. The Morgan fingerprint density at radius 1 is 1.00 bits per heavy atom. The molecule has 0 saturated heterocycles. The monoisotopic (exact) mass is 488 g/mol. The molecule has 6 nitrogen and oxygen atoms in total. The molecule has 178 valence electrons. The third kappa shape index (κ3) is 4.04. The lowest BCUT2D eigenvalue weighted by Crippen LogP contribution is -2.59. The maximum Gasteiger partial charge on any atom is 0.303 e. The van der Waals surface area contributed by atoms with E-state index in [-0.39, 0.29) is 48.4 Å². The van der Waals surface area contributed by atoms with E-state index in [0.29, 0.717) is 17.1 Å². The Balaban J connectivity index is 1.57. The zero-order valence-corrected chi connectivity index (χ0v) is 19.0. The summed E-state index contributed by atoms with van der Waals surface area (Å²) in [5, 5.41) is 9.46. The molecule has 9 heteroatoms. The number of carbonyl (C=O) groups is 3. The lowest BCUT2D eigenvalue weighted by atomic mass is 9.67. The number of benzene rings is 2. The number of anilines is 1. The minimum Gasteiger partial charge on any atom is -0.481 e. The van der Waals surface area contributed by atoms with Crippen molar-refractivity contribution in [3.05, 3.63) is 64.2 Å². The number of carboxylic acids is 1. The highest BCUT2D eigenvalue weighted by Crippen LogP contribution is 2.55. The maximum atomic E-state index is 13.9. The van der Waals surface area contributed by atoms with Gasteiger partial charge in [0.05, 0.1) is 18.2 Å². The standard InChI is InChI=1S/C25H23ClF2N2O4/c26-14-1-4-19-21(11-14)30(25(34)13-9-15(27)12-16(28)10-13)20-6-5-18(20)24(19)29(17-2-3-17)22(31)7-8-23(32)33/h1,4,9-12,17-18,20,24H,2-3,5-8H2,(H,32,33)/t18-,20+,24+/m0/s1. The Kier molecular flexibility index (Phi) is 5.80. The molecule has 3 atom stereocenters. The molecule has 5 rings (SSSR count). The second-order valence-corrected chi connectivity index (χ2v) is 9.65. The van der Waals surface area contributed by atoms with Gasteiger partial charge in [-0.25, -0.2) is 8.78 Å². The predicted molar refractivity (Wildman–Crippen MR) is 121 cm³/mol. The van der Waals surface area contributed by atoms with Crippen molar-refractivity contribution in [3.63, 3.8) is 0 Å². The average molecular weight is 489 g/mol. The van der Waals surface area contributed by atoms with Crippen molar-refractivity contribution < 1.29 is 28.3 Å². The number of aliphatic carboxylic acids is 1. The molecule has 0 spiro atoms. The van der Waals surface area contributed by atoms with Crippen molar-refractivity contribution in [2.45, 2.75) is 56.7 Å². The number of carboxylic acid groups (broad SMARTS) is 1. The number of halogens is 3. The third-order valence-electron chi connectivity index (χ3n) is 7.01. The first kappa shape index (κ1) is 22.8.